The number of unbranched alkanes of at least 4 members (excludes halogenated alkanes) is 18. The first kappa shape index (κ1) is 43.3. The van der Waals surface area contributed by atoms with Crippen LogP contribution in [-0.2, 0) is 10.8 Å². The summed E-state index contributed by atoms with van der Waals surface area (Å²) in [6.45, 7) is 13.5. The van der Waals surface area contributed by atoms with Crippen LogP contribution in [0.1, 0.15) is 236 Å². The second-order valence-corrected chi connectivity index (χ2v) is 19.5. The molecule has 2 nitrogen and oxygen atoms in total. The van der Waals surface area contributed by atoms with Crippen molar-refractivity contribution in [3.8, 4) is 33.4 Å². The van der Waals surface area contributed by atoms with Gasteiger partial charge in [-0.3, -0.25) is 9.59 Å². The predicted molar refractivity (Wildman–Crippen MR) is 251 cm³/mol. The highest BCUT2D eigenvalue weighted by Crippen LogP contribution is 2.58. The van der Waals surface area contributed by atoms with Crippen LogP contribution in [-0.4, -0.2) is 11.6 Å². The monoisotopic (exact) mass is 791 g/mol. The van der Waals surface area contributed by atoms with Gasteiger partial charge in [0.15, 0.2) is 11.6 Å². The van der Waals surface area contributed by atoms with Gasteiger partial charge in [-0.15, -0.1) is 0 Å². The lowest BCUT2D eigenvalue weighted by molar-refractivity contribution is 0.103. The number of fused-ring (bicyclic) bond motifs is 9. The molecule has 0 N–H and O–H groups in total. The average molecular weight is 791 g/mol. The Balaban J connectivity index is 1.24. The maximum absolute atomic E-state index is 14.4. The van der Waals surface area contributed by atoms with Crippen molar-refractivity contribution in [1.29, 1.82) is 0 Å². The molecule has 7 rings (SSSR count). The lowest BCUT2D eigenvalue weighted by Gasteiger charge is -2.33. The third-order valence-corrected chi connectivity index (χ3v) is 15.0. The fraction of sp³-hybridized carbons (Fsp3) is 0.544. The Hall–Kier alpha value is -3.78. The van der Waals surface area contributed by atoms with E-state index in [1.807, 2.05) is 0 Å². The van der Waals surface area contributed by atoms with Gasteiger partial charge in [0.1, 0.15) is 0 Å². The molecule has 0 saturated heterocycles. The maximum Gasteiger partial charge on any atom is 0.194 e. The van der Waals surface area contributed by atoms with Crippen LogP contribution in [0, 0.1) is 6.92 Å². The van der Waals surface area contributed by atoms with Gasteiger partial charge in [0.25, 0.3) is 0 Å². The highest BCUT2D eigenvalue weighted by atomic mass is 16.1. The summed E-state index contributed by atoms with van der Waals surface area (Å²) in [4.78, 5) is 28.6. The van der Waals surface area contributed by atoms with Crippen LogP contribution in [0.15, 0.2) is 60.7 Å². The molecule has 3 aliphatic carbocycles. The molecule has 0 unspecified atom stereocenters. The zero-order valence-electron chi connectivity index (χ0n) is 37.9. The number of ketones is 2. The number of benzene rings is 4. The summed E-state index contributed by atoms with van der Waals surface area (Å²) >= 11 is 0. The van der Waals surface area contributed by atoms with Crippen LogP contribution in [0.2, 0.25) is 0 Å². The van der Waals surface area contributed by atoms with E-state index in [1.54, 1.807) is 0 Å². The van der Waals surface area contributed by atoms with E-state index in [2.05, 4.69) is 102 Å². The van der Waals surface area contributed by atoms with E-state index in [0.29, 0.717) is 0 Å². The van der Waals surface area contributed by atoms with Crippen molar-refractivity contribution in [2.75, 3.05) is 0 Å². The molecule has 0 amide bonds. The van der Waals surface area contributed by atoms with Crippen molar-refractivity contribution < 1.29 is 9.59 Å². The molecule has 0 spiro atoms. The van der Waals surface area contributed by atoms with Crippen LogP contribution in [0.3, 0.4) is 0 Å². The molecule has 3 aliphatic rings. The third-order valence-electron chi connectivity index (χ3n) is 15.0. The molecule has 4 aromatic rings. The van der Waals surface area contributed by atoms with E-state index in [4.69, 9.17) is 0 Å². The molecule has 0 atom stereocenters. The van der Waals surface area contributed by atoms with Gasteiger partial charge in [-0.2, -0.15) is 0 Å². The first-order valence-electron chi connectivity index (χ1n) is 24.4. The van der Waals surface area contributed by atoms with Crippen LogP contribution < -0.4 is 0 Å². The first-order chi connectivity index (χ1) is 28.6. The molecule has 314 valence electrons. The lowest BCUT2D eigenvalue weighted by atomic mass is 9.69. The zero-order valence-corrected chi connectivity index (χ0v) is 37.9. The summed E-state index contributed by atoms with van der Waals surface area (Å²) in [5.74, 6) is 0.288. The van der Waals surface area contributed by atoms with Crippen LogP contribution in [0.5, 0.6) is 0 Å². The van der Waals surface area contributed by atoms with Crippen molar-refractivity contribution >= 4 is 11.6 Å². The maximum atomic E-state index is 14.4. The molecular weight excluding hydrogens is 717 g/mol. The Labute approximate surface area is 358 Å². The summed E-state index contributed by atoms with van der Waals surface area (Å²) < 4.78 is 0. The number of hydrogen-bond donors (Lipinski definition) is 0. The third kappa shape index (κ3) is 8.85. The van der Waals surface area contributed by atoms with Gasteiger partial charge in [0.2, 0.25) is 0 Å². The van der Waals surface area contributed by atoms with Crippen molar-refractivity contribution in [2.24, 2.45) is 0 Å². The van der Waals surface area contributed by atoms with Crippen molar-refractivity contribution in [3.63, 3.8) is 0 Å². The average Bonchev–Trinajstić information content (AvgIpc) is 3.78. The minimum absolute atomic E-state index is 0.00702. The molecular formula is C57H74O2. The van der Waals surface area contributed by atoms with Gasteiger partial charge in [0.05, 0.1) is 0 Å². The van der Waals surface area contributed by atoms with E-state index in [1.165, 1.54) is 156 Å². The Morgan fingerprint density at radius 3 is 1.24 bits per heavy atom. The van der Waals surface area contributed by atoms with E-state index in [9.17, 15) is 9.59 Å². The number of rotatable bonds is 24. The summed E-state index contributed by atoms with van der Waals surface area (Å²) in [7, 11) is 0. The molecule has 2 heteroatoms. The van der Waals surface area contributed by atoms with Crippen LogP contribution in [0.4, 0.5) is 0 Å². The smallest absolute Gasteiger partial charge is 0.194 e. The van der Waals surface area contributed by atoms with Crippen LogP contribution in [0.25, 0.3) is 33.4 Å². The zero-order chi connectivity index (χ0) is 41.6. The highest BCUT2D eigenvalue weighted by Gasteiger charge is 2.46. The normalized spacial score (nSPS) is 14.3. The number of hydrogen-bond acceptors (Lipinski definition) is 2. The quantitative estimate of drug-likeness (QED) is 0.0572. The van der Waals surface area contributed by atoms with Gasteiger partial charge < -0.3 is 0 Å². The molecule has 59 heavy (non-hydrogen) atoms. The molecule has 0 saturated carbocycles. The van der Waals surface area contributed by atoms with E-state index >= 15 is 0 Å². The fourth-order valence-electron chi connectivity index (χ4n) is 10.9. The topological polar surface area (TPSA) is 34.1 Å². The van der Waals surface area contributed by atoms with Gasteiger partial charge in [-0.05, 0) is 118 Å². The molecule has 0 heterocycles. The lowest BCUT2D eigenvalue weighted by Crippen LogP contribution is -2.26. The predicted octanol–water partition coefficient (Wildman–Crippen LogP) is 17.0. The molecule has 0 bridgehead atoms. The van der Waals surface area contributed by atoms with Crippen molar-refractivity contribution in [1.82, 2.24) is 0 Å². The summed E-state index contributed by atoms with van der Waals surface area (Å²) in [6, 6.07) is 22.5. The first-order valence-corrected chi connectivity index (χ1v) is 24.4. The SMILES string of the molecule is CCCCCCCCCCCCC1(CCCCCCCCCCCC)c2cc3c(cc2-c2cc4c(cc21)-c1ccc(C(C)(C)CC)cc1C4=O)C(=O)c1cc(C)ccc1-3. The largest absolute Gasteiger partial charge is 0.289 e. The highest BCUT2D eigenvalue weighted by molar-refractivity contribution is 6.24. The molecule has 0 aromatic heterocycles. The summed E-state index contributed by atoms with van der Waals surface area (Å²) in [5.41, 5.74) is 15.1. The summed E-state index contributed by atoms with van der Waals surface area (Å²) in [6.07, 6.45) is 29.7. The summed E-state index contributed by atoms with van der Waals surface area (Å²) in [5, 5.41) is 0. The van der Waals surface area contributed by atoms with E-state index < -0.39 is 0 Å². The number of carbonyl (C=O) groups is 2. The molecule has 4 aromatic carbocycles. The molecule has 0 fully saturated rings. The standard InChI is InChI=1S/C57H74O2/c1-7-10-12-14-16-18-20-22-24-26-32-57(33-27-25-23-21-19-17-15-13-11-8-2)52-38-44-42-30-28-40(4)34-48(42)54(58)50(44)36-46(52)47-37-51-45(39-53(47)57)43-31-29-41(56(5,6)9-3)35-49(43)55(51)59/h28-31,34-39H,7-27,32-33H2,1-6H3. The minimum atomic E-state index is -0.151. The van der Waals surface area contributed by atoms with Gasteiger partial charge in [-0.25, -0.2) is 0 Å². The Morgan fingerprint density at radius 1 is 0.407 bits per heavy atom. The van der Waals surface area contributed by atoms with E-state index in [0.717, 1.165) is 69.3 Å². The van der Waals surface area contributed by atoms with Gasteiger partial charge in [0, 0.05) is 27.7 Å². The Morgan fingerprint density at radius 2 is 0.797 bits per heavy atom. The van der Waals surface area contributed by atoms with Gasteiger partial charge in [-0.1, -0.05) is 193 Å². The van der Waals surface area contributed by atoms with Crippen LogP contribution >= 0.6 is 0 Å². The second-order valence-electron chi connectivity index (χ2n) is 19.5. The Bertz CT molecular complexity index is 2100. The Kier molecular flexibility index (Phi) is 14.2. The number of aryl methyl sites for hydroxylation is 1. The van der Waals surface area contributed by atoms with Crippen molar-refractivity contribution in [3.05, 3.63) is 105 Å². The molecule has 0 radical (unpaired) electrons. The van der Waals surface area contributed by atoms with Crippen molar-refractivity contribution in [2.45, 2.75) is 200 Å². The fourth-order valence-corrected chi connectivity index (χ4v) is 10.9. The molecule has 0 aliphatic heterocycles. The van der Waals surface area contributed by atoms with Gasteiger partial charge >= 0.3 is 0 Å². The second kappa shape index (κ2) is 19.3. The number of carbonyl (C=O) groups excluding carboxylic acids is 2. The van der Waals surface area contributed by atoms with E-state index in [-0.39, 0.29) is 22.4 Å². The minimum Gasteiger partial charge on any atom is -0.289 e.